The van der Waals surface area contributed by atoms with E-state index in [1.165, 1.54) is 12.1 Å². The number of aromatic amines is 2. The molecule has 2 aromatic carbocycles. The van der Waals surface area contributed by atoms with Crippen molar-refractivity contribution in [1.82, 2.24) is 20.2 Å². The fourth-order valence-corrected chi connectivity index (χ4v) is 4.06. The maximum Gasteiger partial charge on any atom is 0.325 e. The molecule has 0 radical (unpaired) electrons. The van der Waals surface area contributed by atoms with E-state index in [0.717, 1.165) is 16.2 Å². The van der Waals surface area contributed by atoms with Crippen LogP contribution in [0.1, 0.15) is 0 Å². The van der Waals surface area contributed by atoms with Crippen molar-refractivity contribution in [2.75, 3.05) is 4.72 Å². The Hall–Kier alpha value is -3.51. The van der Waals surface area contributed by atoms with Crippen LogP contribution in [-0.4, -0.2) is 28.6 Å². The molecule has 2 heterocycles. The number of H-pyrrole nitrogens is 2. The van der Waals surface area contributed by atoms with Gasteiger partial charge in [0.2, 0.25) is 11.8 Å². The van der Waals surface area contributed by atoms with E-state index in [1.54, 1.807) is 12.1 Å². The van der Waals surface area contributed by atoms with E-state index < -0.39 is 26.2 Å². The van der Waals surface area contributed by atoms with Gasteiger partial charge >= 0.3 is 5.69 Å². The fraction of sp³-hybridized carbons (Fsp3) is 0. The standard InChI is InChI=1S/C18H12BrN5O5S/c19-12-5-1-3-10(7-12)16-22-23-17(29-16)11-4-2-6-13(8-11)24-30(27,28)14-9-20-18(26)21-15(14)25/h1-9,24H,(H2,20,21,25,26). The van der Waals surface area contributed by atoms with Crippen LogP contribution in [-0.2, 0) is 10.0 Å². The number of halogens is 1. The molecule has 0 unspecified atom stereocenters. The summed E-state index contributed by atoms with van der Waals surface area (Å²) in [5.74, 6) is 0.491. The van der Waals surface area contributed by atoms with Gasteiger partial charge in [-0.05, 0) is 36.4 Å². The zero-order valence-corrected chi connectivity index (χ0v) is 17.3. The number of anilines is 1. The van der Waals surface area contributed by atoms with Crippen LogP contribution in [0.4, 0.5) is 5.69 Å². The average molecular weight is 490 g/mol. The van der Waals surface area contributed by atoms with Crippen molar-refractivity contribution in [3.8, 4) is 22.9 Å². The van der Waals surface area contributed by atoms with Gasteiger partial charge in [-0.25, -0.2) is 13.2 Å². The highest BCUT2D eigenvalue weighted by molar-refractivity contribution is 9.10. The van der Waals surface area contributed by atoms with E-state index in [9.17, 15) is 18.0 Å². The molecule has 0 aliphatic rings. The topological polar surface area (TPSA) is 151 Å². The largest absolute Gasteiger partial charge is 0.416 e. The molecule has 0 aliphatic heterocycles. The summed E-state index contributed by atoms with van der Waals surface area (Å²) in [5, 5.41) is 8.03. The molecule has 4 aromatic rings. The predicted octanol–water partition coefficient (Wildman–Crippen LogP) is 2.34. The second-order valence-corrected chi connectivity index (χ2v) is 8.61. The summed E-state index contributed by atoms with van der Waals surface area (Å²) < 4.78 is 33.8. The lowest BCUT2D eigenvalue weighted by Gasteiger charge is -2.07. The number of rotatable bonds is 5. The number of nitrogens with zero attached hydrogens (tertiary/aromatic N) is 2. The third-order valence-electron chi connectivity index (χ3n) is 3.93. The maximum absolute atomic E-state index is 12.5. The second kappa shape index (κ2) is 7.72. The first-order valence-electron chi connectivity index (χ1n) is 8.36. The Kier molecular flexibility index (Phi) is 5.10. The first-order valence-corrected chi connectivity index (χ1v) is 10.6. The van der Waals surface area contributed by atoms with E-state index in [1.807, 2.05) is 29.2 Å². The van der Waals surface area contributed by atoms with Crippen molar-refractivity contribution in [2.45, 2.75) is 4.90 Å². The van der Waals surface area contributed by atoms with Crippen LogP contribution in [0.2, 0.25) is 0 Å². The lowest BCUT2D eigenvalue weighted by molar-refractivity contribution is 0.584. The number of hydrogen-bond acceptors (Lipinski definition) is 7. The van der Waals surface area contributed by atoms with E-state index in [2.05, 4.69) is 35.8 Å². The number of hydrogen-bond donors (Lipinski definition) is 3. The van der Waals surface area contributed by atoms with E-state index in [-0.39, 0.29) is 11.6 Å². The Morgan fingerprint density at radius 1 is 0.967 bits per heavy atom. The zero-order chi connectivity index (χ0) is 21.3. The molecule has 12 heteroatoms. The Bertz CT molecular complexity index is 1460. The molecule has 4 rings (SSSR count). The van der Waals surface area contributed by atoms with Gasteiger partial charge in [-0.3, -0.25) is 14.5 Å². The molecule has 3 N–H and O–H groups in total. The average Bonchev–Trinajstić information content (AvgIpc) is 3.18. The summed E-state index contributed by atoms with van der Waals surface area (Å²) in [7, 11) is -4.24. The van der Waals surface area contributed by atoms with Gasteiger partial charge in [-0.15, -0.1) is 10.2 Å². The molecule has 0 bridgehead atoms. The molecular weight excluding hydrogens is 478 g/mol. The monoisotopic (exact) mass is 489 g/mol. The van der Waals surface area contributed by atoms with E-state index >= 15 is 0 Å². The minimum absolute atomic E-state index is 0.167. The first kappa shape index (κ1) is 19.8. The van der Waals surface area contributed by atoms with Gasteiger partial charge in [-0.1, -0.05) is 28.1 Å². The summed E-state index contributed by atoms with van der Waals surface area (Å²) in [6.07, 6.45) is 0.829. The summed E-state index contributed by atoms with van der Waals surface area (Å²) >= 11 is 3.38. The first-order chi connectivity index (χ1) is 14.3. The van der Waals surface area contributed by atoms with Crippen LogP contribution in [0.25, 0.3) is 22.9 Å². The molecule has 152 valence electrons. The molecule has 0 saturated heterocycles. The third-order valence-corrected chi connectivity index (χ3v) is 5.81. The summed E-state index contributed by atoms with van der Waals surface area (Å²) in [4.78, 5) is 26.3. The third kappa shape index (κ3) is 4.09. The molecule has 0 aliphatic carbocycles. The highest BCUT2D eigenvalue weighted by atomic mass is 79.9. The van der Waals surface area contributed by atoms with Gasteiger partial charge in [0, 0.05) is 27.5 Å². The summed E-state index contributed by atoms with van der Waals surface area (Å²) in [6.45, 7) is 0. The van der Waals surface area contributed by atoms with Gasteiger partial charge in [0.1, 0.15) is 0 Å². The quantitative estimate of drug-likeness (QED) is 0.389. The summed E-state index contributed by atoms with van der Waals surface area (Å²) in [5.41, 5.74) is -0.478. The van der Waals surface area contributed by atoms with Gasteiger partial charge in [-0.2, -0.15) is 0 Å². The van der Waals surface area contributed by atoms with Crippen molar-refractivity contribution in [2.24, 2.45) is 0 Å². The fourth-order valence-electron chi connectivity index (χ4n) is 2.60. The van der Waals surface area contributed by atoms with Crippen LogP contribution in [0.15, 0.2) is 78.1 Å². The number of aromatic nitrogens is 4. The molecule has 10 nitrogen and oxygen atoms in total. The van der Waals surface area contributed by atoms with Gasteiger partial charge < -0.3 is 9.40 Å². The highest BCUT2D eigenvalue weighted by Crippen LogP contribution is 2.27. The number of benzene rings is 2. The van der Waals surface area contributed by atoms with Crippen LogP contribution < -0.4 is 16.0 Å². The molecule has 0 fully saturated rings. The Morgan fingerprint density at radius 2 is 1.63 bits per heavy atom. The number of sulfonamides is 1. The molecule has 0 saturated carbocycles. The Morgan fingerprint density at radius 3 is 2.30 bits per heavy atom. The van der Waals surface area contributed by atoms with Crippen LogP contribution >= 0.6 is 15.9 Å². The minimum Gasteiger partial charge on any atom is -0.416 e. The molecule has 2 aromatic heterocycles. The second-order valence-electron chi connectivity index (χ2n) is 6.05. The van der Waals surface area contributed by atoms with Crippen LogP contribution in [0, 0.1) is 0 Å². The smallest absolute Gasteiger partial charge is 0.325 e. The Balaban J connectivity index is 1.63. The molecule has 30 heavy (non-hydrogen) atoms. The van der Waals surface area contributed by atoms with E-state index in [4.69, 9.17) is 4.42 Å². The molecule has 0 spiro atoms. The lowest BCUT2D eigenvalue weighted by Crippen LogP contribution is -2.29. The summed E-state index contributed by atoms with van der Waals surface area (Å²) in [6, 6.07) is 13.6. The zero-order valence-electron chi connectivity index (χ0n) is 14.9. The SMILES string of the molecule is O=c1[nH]cc(S(=O)(=O)Nc2cccc(-c3nnc(-c4cccc(Br)c4)o3)c2)c(=O)[nH]1. The molecule has 0 amide bonds. The maximum atomic E-state index is 12.5. The normalized spacial score (nSPS) is 11.4. The van der Waals surface area contributed by atoms with Gasteiger partial charge in [0.15, 0.2) is 4.90 Å². The molecular formula is C18H12BrN5O5S. The van der Waals surface area contributed by atoms with Crippen LogP contribution in [0.5, 0.6) is 0 Å². The Labute approximate surface area is 177 Å². The lowest BCUT2D eigenvalue weighted by atomic mass is 10.2. The predicted molar refractivity (Wildman–Crippen MR) is 111 cm³/mol. The molecule has 0 atom stereocenters. The van der Waals surface area contributed by atoms with E-state index in [0.29, 0.717) is 11.5 Å². The van der Waals surface area contributed by atoms with Crippen molar-refractivity contribution >= 4 is 31.6 Å². The van der Waals surface area contributed by atoms with Gasteiger partial charge in [0.25, 0.3) is 15.6 Å². The highest BCUT2D eigenvalue weighted by Gasteiger charge is 2.20. The van der Waals surface area contributed by atoms with Crippen molar-refractivity contribution in [3.63, 3.8) is 0 Å². The van der Waals surface area contributed by atoms with Crippen LogP contribution in [0.3, 0.4) is 0 Å². The van der Waals surface area contributed by atoms with Crippen molar-refractivity contribution in [3.05, 3.63) is 80.0 Å². The van der Waals surface area contributed by atoms with Crippen molar-refractivity contribution < 1.29 is 12.8 Å². The minimum atomic E-state index is -4.24. The van der Waals surface area contributed by atoms with Crippen molar-refractivity contribution in [1.29, 1.82) is 0 Å². The number of nitrogens with one attached hydrogen (secondary N) is 3. The van der Waals surface area contributed by atoms with Gasteiger partial charge in [0.05, 0.1) is 0 Å².